The first-order chi connectivity index (χ1) is 15.9. The quantitative estimate of drug-likeness (QED) is 0.393. The van der Waals surface area contributed by atoms with E-state index in [9.17, 15) is 14.0 Å². The van der Waals surface area contributed by atoms with Crippen LogP contribution in [0.5, 0.6) is 0 Å². The van der Waals surface area contributed by atoms with Crippen molar-refractivity contribution < 1.29 is 14.0 Å². The first kappa shape index (κ1) is 20.9. The number of carbonyl (C=O) groups excluding carboxylic acids is 2. The highest BCUT2D eigenvalue weighted by molar-refractivity contribution is 7.14. The molecule has 166 valence electrons. The lowest BCUT2D eigenvalue weighted by molar-refractivity contribution is 0.100. The summed E-state index contributed by atoms with van der Waals surface area (Å²) in [5.74, 6) is -1.05. The Morgan fingerprint density at radius 1 is 1.15 bits per heavy atom. The zero-order valence-corrected chi connectivity index (χ0v) is 18.3. The number of nitrogens with two attached hydrogens (primary N) is 2. The number of fused-ring (bicyclic) bond motifs is 2. The number of urea groups is 1. The van der Waals surface area contributed by atoms with Crippen LogP contribution in [-0.2, 0) is 13.0 Å². The molecule has 1 aliphatic heterocycles. The third kappa shape index (κ3) is 3.87. The van der Waals surface area contributed by atoms with Gasteiger partial charge >= 0.3 is 6.03 Å². The van der Waals surface area contributed by atoms with Gasteiger partial charge in [-0.05, 0) is 42.3 Å². The van der Waals surface area contributed by atoms with Gasteiger partial charge < -0.3 is 21.7 Å². The molecule has 0 radical (unpaired) electrons. The molecule has 3 heterocycles. The second-order valence-corrected chi connectivity index (χ2v) is 8.93. The lowest BCUT2D eigenvalue weighted by Gasteiger charge is -2.27. The molecule has 0 unspecified atom stereocenters. The van der Waals surface area contributed by atoms with Crippen LogP contribution in [0, 0.1) is 5.82 Å². The Bertz CT molecular complexity index is 1420. The van der Waals surface area contributed by atoms with E-state index in [0.29, 0.717) is 46.9 Å². The Balaban J connectivity index is 1.43. The molecule has 2 aromatic heterocycles. The highest BCUT2D eigenvalue weighted by Gasteiger charge is 2.30. The summed E-state index contributed by atoms with van der Waals surface area (Å²) < 4.78 is 13.9. The average Bonchev–Trinajstić information content (AvgIpc) is 3.19. The van der Waals surface area contributed by atoms with Crippen LogP contribution in [0.2, 0.25) is 0 Å². The van der Waals surface area contributed by atoms with E-state index in [4.69, 9.17) is 11.5 Å². The summed E-state index contributed by atoms with van der Waals surface area (Å²) in [5, 5.41) is 3.82. The topological polar surface area (TPSA) is 114 Å². The van der Waals surface area contributed by atoms with Crippen LogP contribution >= 0.6 is 11.3 Å². The summed E-state index contributed by atoms with van der Waals surface area (Å²) in [7, 11) is 0. The maximum absolute atomic E-state index is 13.9. The fourth-order valence-electron chi connectivity index (χ4n) is 4.12. The van der Waals surface area contributed by atoms with Crippen LogP contribution in [0.15, 0.2) is 54.7 Å². The Morgan fingerprint density at radius 2 is 1.97 bits per heavy atom. The molecule has 2 aromatic carbocycles. The van der Waals surface area contributed by atoms with E-state index in [1.165, 1.54) is 29.5 Å². The fourth-order valence-corrected chi connectivity index (χ4v) is 5.35. The number of primary amides is 1. The number of aromatic nitrogens is 1. The van der Waals surface area contributed by atoms with Crippen LogP contribution < -0.4 is 16.8 Å². The molecule has 9 heteroatoms. The molecule has 1 aliphatic rings. The number of benzene rings is 2. The monoisotopic (exact) mass is 461 g/mol. The van der Waals surface area contributed by atoms with Gasteiger partial charge in [-0.25, -0.2) is 9.18 Å². The van der Waals surface area contributed by atoms with Crippen molar-refractivity contribution in [3.05, 3.63) is 75.9 Å². The number of thiophene rings is 1. The lowest BCUT2D eigenvalue weighted by atomic mass is 9.94. The second-order valence-electron chi connectivity index (χ2n) is 7.82. The van der Waals surface area contributed by atoms with Crippen LogP contribution in [-0.4, -0.2) is 28.4 Å². The normalized spacial score (nSPS) is 13.1. The van der Waals surface area contributed by atoms with Crippen molar-refractivity contribution >= 4 is 45.6 Å². The number of anilines is 2. The number of nitrogens with one attached hydrogen (secondary N) is 1. The summed E-state index contributed by atoms with van der Waals surface area (Å²) in [6, 6.07) is 13.3. The second kappa shape index (κ2) is 8.18. The summed E-state index contributed by atoms with van der Waals surface area (Å²) in [4.78, 5) is 32.3. The number of hydrogen-bond acceptors (Lipinski definition) is 5. The number of rotatable bonds is 3. The van der Waals surface area contributed by atoms with Gasteiger partial charge in [-0.3, -0.25) is 9.78 Å². The van der Waals surface area contributed by atoms with E-state index in [1.807, 2.05) is 30.3 Å². The molecular weight excluding hydrogens is 441 g/mol. The van der Waals surface area contributed by atoms with Gasteiger partial charge in [-0.1, -0.05) is 18.2 Å². The summed E-state index contributed by atoms with van der Waals surface area (Å²) in [6.07, 6.45) is 2.12. The Morgan fingerprint density at radius 3 is 2.79 bits per heavy atom. The molecule has 0 spiro atoms. The minimum Gasteiger partial charge on any atom is -0.398 e. The Labute approximate surface area is 192 Å². The zero-order valence-electron chi connectivity index (χ0n) is 17.5. The minimum atomic E-state index is -0.605. The molecule has 33 heavy (non-hydrogen) atoms. The van der Waals surface area contributed by atoms with E-state index in [-0.39, 0.29) is 6.03 Å². The molecule has 7 nitrogen and oxygen atoms in total. The molecule has 3 amide bonds. The first-order valence-corrected chi connectivity index (χ1v) is 11.1. The van der Waals surface area contributed by atoms with Crippen LogP contribution in [0.1, 0.15) is 20.1 Å². The van der Waals surface area contributed by atoms with Crippen molar-refractivity contribution in [2.45, 2.75) is 13.0 Å². The van der Waals surface area contributed by atoms with E-state index in [1.54, 1.807) is 11.1 Å². The average molecular weight is 462 g/mol. The van der Waals surface area contributed by atoms with E-state index in [2.05, 4.69) is 10.3 Å². The van der Waals surface area contributed by atoms with Gasteiger partial charge in [0.15, 0.2) is 0 Å². The van der Waals surface area contributed by atoms with Gasteiger partial charge in [0, 0.05) is 33.6 Å². The van der Waals surface area contributed by atoms with Gasteiger partial charge in [-0.15, -0.1) is 11.3 Å². The third-order valence-electron chi connectivity index (χ3n) is 5.69. The van der Waals surface area contributed by atoms with Crippen molar-refractivity contribution in [2.75, 3.05) is 17.6 Å². The highest BCUT2D eigenvalue weighted by Crippen LogP contribution is 2.42. The van der Waals surface area contributed by atoms with Crippen molar-refractivity contribution in [3.8, 4) is 11.1 Å². The largest absolute Gasteiger partial charge is 0.398 e. The van der Waals surface area contributed by atoms with E-state index >= 15 is 0 Å². The Kier molecular flexibility index (Phi) is 5.18. The number of amides is 3. The predicted molar refractivity (Wildman–Crippen MR) is 128 cm³/mol. The number of halogens is 1. The van der Waals surface area contributed by atoms with Crippen LogP contribution in [0.3, 0.4) is 0 Å². The summed E-state index contributed by atoms with van der Waals surface area (Å²) in [5.41, 5.74) is 15.4. The molecule has 0 atom stereocenters. The molecule has 4 aromatic rings. The van der Waals surface area contributed by atoms with E-state index in [0.717, 1.165) is 21.3 Å². The summed E-state index contributed by atoms with van der Waals surface area (Å²) in [6.45, 7) is 0.735. The van der Waals surface area contributed by atoms with Gasteiger partial charge in [-0.2, -0.15) is 0 Å². The fraction of sp³-hybridized carbons (Fsp3) is 0.125. The van der Waals surface area contributed by atoms with Crippen molar-refractivity contribution in [1.29, 1.82) is 0 Å². The number of carbonyl (C=O) groups is 2. The van der Waals surface area contributed by atoms with Crippen molar-refractivity contribution in [3.63, 3.8) is 0 Å². The van der Waals surface area contributed by atoms with Gasteiger partial charge in [0.1, 0.15) is 10.7 Å². The zero-order chi connectivity index (χ0) is 23.1. The molecule has 0 fully saturated rings. The predicted octanol–water partition coefficient (Wildman–Crippen LogP) is 4.37. The molecule has 5 N–H and O–H groups in total. The number of hydrogen-bond donors (Lipinski definition) is 3. The molecule has 0 saturated carbocycles. The van der Waals surface area contributed by atoms with E-state index < -0.39 is 11.7 Å². The molecule has 0 saturated heterocycles. The Hall–Kier alpha value is -3.98. The highest BCUT2D eigenvalue weighted by atomic mass is 32.1. The number of nitrogen functional groups attached to an aromatic ring is 1. The molecule has 5 rings (SSSR count). The number of para-hydroxylation sites is 1. The third-order valence-corrected chi connectivity index (χ3v) is 6.93. The smallest absolute Gasteiger partial charge is 0.322 e. The maximum Gasteiger partial charge on any atom is 0.322 e. The van der Waals surface area contributed by atoms with Crippen molar-refractivity contribution in [2.24, 2.45) is 5.73 Å². The van der Waals surface area contributed by atoms with Gasteiger partial charge in [0.25, 0.3) is 5.91 Å². The summed E-state index contributed by atoms with van der Waals surface area (Å²) >= 11 is 1.22. The number of pyridine rings is 1. The lowest BCUT2D eigenvalue weighted by Crippen LogP contribution is -2.38. The molecule has 0 aliphatic carbocycles. The van der Waals surface area contributed by atoms with Crippen LogP contribution in [0.25, 0.3) is 22.0 Å². The van der Waals surface area contributed by atoms with Crippen molar-refractivity contribution in [1.82, 2.24) is 9.88 Å². The maximum atomic E-state index is 13.9. The molecule has 0 bridgehead atoms. The first-order valence-electron chi connectivity index (χ1n) is 10.3. The molecular formula is C24H20FN5O2S. The van der Waals surface area contributed by atoms with Crippen LogP contribution in [0.4, 0.5) is 20.6 Å². The minimum absolute atomic E-state index is 0.265. The van der Waals surface area contributed by atoms with Gasteiger partial charge in [0.2, 0.25) is 0 Å². The van der Waals surface area contributed by atoms with Gasteiger partial charge in [0.05, 0.1) is 23.9 Å². The SMILES string of the molecule is NC(=O)c1sc2c(c1-c1cc(F)ccc1N)CCN(C(=O)Nc1cnc3ccccc3c1)C2. The standard InChI is InChI=1S/C24H20FN5O2S/c25-14-5-6-18(26)17(10-14)21-16-7-8-30(12-20(16)33-22(21)23(27)31)24(32)29-15-9-13-3-1-2-4-19(13)28-11-15/h1-6,9-11H,7-8,12,26H2,(H2,27,31)(H,29,32). The number of nitrogens with zero attached hydrogens (tertiary/aromatic N) is 2.